The van der Waals surface area contributed by atoms with Crippen molar-refractivity contribution in [2.24, 2.45) is 0 Å². The Morgan fingerprint density at radius 1 is 1.00 bits per heavy atom. The highest BCUT2D eigenvalue weighted by atomic mass is 16.1. The minimum atomic E-state index is -0.0680. The van der Waals surface area contributed by atoms with Gasteiger partial charge in [-0.2, -0.15) is 0 Å². The van der Waals surface area contributed by atoms with E-state index in [0.717, 1.165) is 24.5 Å². The number of aromatic nitrogens is 3. The first kappa shape index (κ1) is 21.0. The number of para-hydroxylation sites is 1. The van der Waals surface area contributed by atoms with E-state index in [4.69, 9.17) is 0 Å². The van der Waals surface area contributed by atoms with Crippen LogP contribution in [0.15, 0.2) is 53.7 Å². The number of benzene rings is 1. The van der Waals surface area contributed by atoms with Crippen LogP contribution in [-0.2, 0) is 17.9 Å². The van der Waals surface area contributed by atoms with Crippen molar-refractivity contribution in [1.29, 1.82) is 0 Å². The lowest BCUT2D eigenvalue weighted by atomic mass is 10.2. The van der Waals surface area contributed by atoms with Crippen LogP contribution < -0.4 is 15.8 Å². The van der Waals surface area contributed by atoms with Gasteiger partial charge in [-0.05, 0) is 43.0 Å². The SMILES string of the molecule is O=C(CCCn1cnc2ccccc2c1=O)NCc1ccc(N2CCCCCC2)nc1. The molecule has 1 amide bonds. The number of pyridine rings is 1. The molecule has 0 atom stereocenters. The van der Waals surface area contributed by atoms with E-state index in [9.17, 15) is 9.59 Å². The van der Waals surface area contributed by atoms with E-state index in [1.165, 1.54) is 25.7 Å². The first-order valence-electron chi connectivity index (χ1n) is 11.1. The number of anilines is 1. The second kappa shape index (κ2) is 10.2. The van der Waals surface area contributed by atoms with Gasteiger partial charge in [-0.1, -0.05) is 31.0 Å². The van der Waals surface area contributed by atoms with Crippen molar-refractivity contribution in [2.45, 2.75) is 51.6 Å². The summed E-state index contributed by atoms with van der Waals surface area (Å²) in [6, 6.07) is 11.4. The maximum absolute atomic E-state index is 12.5. The van der Waals surface area contributed by atoms with E-state index in [0.29, 0.717) is 36.8 Å². The third-order valence-corrected chi connectivity index (χ3v) is 5.76. The van der Waals surface area contributed by atoms with Gasteiger partial charge in [0.15, 0.2) is 0 Å². The van der Waals surface area contributed by atoms with Crippen molar-refractivity contribution < 1.29 is 4.79 Å². The molecule has 2 aromatic heterocycles. The van der Waals surface area contributed by atoms with E-state index in [1.807, 2.05) is 36.5 Å². The average molecular weight is 420 g/mol. The quantitative estimate of drug-likeness (QED) is 0.636. The molecule has 3 aromatic rings. The first-order chi connectivity index (χ1) is 15.2. The number of carbonyl (C=O) groups is 1. The van der Waals surface area contributed by atoms with E-state index < -0.39 is 0 Å². The Kier molecular flexibility index (Phi) is 6.92. The first-order valence-corrected chi connectivity index (χ1v) is 11.1. The molecule has 0 bridgehead atoms. The Morgan fingerprint density at radius 3 is 2.58 bits per heavy atom. The maximum atomic E-state index is 12.5. The molecule has 0 aliphatic carbocycles. The monoisotopic (exact) mass is 419 g/mol. The zero-order valence-electron chi connectivity index (χ0n) is 17.8. The second-order valence-corrected chi connectivity index (χ2v) is 8.07. The van der Waals surface area contributed by atoms with Gasteiger partial charge in [0.25, 0.3) is 5.56 Å². The molecule has 162 valence electrons. The van der Waals surface area contributed by atoms with Crippen LogP contribution in [0.5, 0.6) is 0 Å². The van der Waals surface area contributed by atoms with Crippen molar-refractivity contribution in [3.8, 4) is 0 Å². The van der Waals surface area contributed by atoms with Gasteiger partial charge in [0.05, 0.1) is 17.2 Å². The fourth-order valence-electron chi connectivity index (χ4n) is 3.97. The molecule has 7 heteroatoms. The fraction of sp³-hybridized carbons (Fsp3) is 0.417. The van der Waals surface area contributed by atoms with Crippen LogP contribution in [0.4, 0.5) is 5.82 Å². The summed E-state index contributed by atoms with van der Waals surface area (Å²) in [5.41, 5.74) is 1.61. The predicted octanol–water partition coefficient (Wildman–Crippen LogP) is 3.27. The van der Waals surface area contributed by atoms with Crippen LogP contribution in [0.2, 0.25) is 0 Å². The number of carbonyl (C=O) groups excluding carboxylic acids is 1. The summed E-state index contributed by atoms with van der Waals surface area (Å²) in [6.45, 7) is 3.07. The maximum Gasteiger partial charge on any atom is 0.261 e. The minimum Gasteiger partial charge on any atom is -0.357 e. The summed E-state index contributed by atoms with van der Waals surface area (Å²) in [7, 11) is 0. The lowest BCUT2D eigenvalue weighted by Gasteiger charge is -2.21. The van der Waals surface area contributed by atoms with Crippen molar-refractivity contribution in [2.75, 3.05) is 18.0 Å². The van der Waals surface area contributed by atoms with Crippen LogP contribution in [0.1, 0.15) is 44.1 Å². The number of amides is 1. The molecule has 3 heterocycles. The van der Waals surface area contributed by atoms with Gasteiger partial charge in [0.1, 0.15) is 5.82 Å². The summed E-state index contributed by atoms with van der Waals surface area (Å²) < 4.78 is 1.57. The lowest BCUT2D eigenvalue weighted by molar-refractivity contribution is -0.121. The number of fused-ring (bicyclic) bond motifs is 1. The molecule has 31 heavy (non-hydrogen) atoms. The summed E-state index contributed by atoms with van der Waals surface area (Å²) in [5.74, 6) is 0.991. The molecule has 1 N–H and O–H groups in total. The molecule has 1 aliphatic rings. The highest BCUT2D eigenvalue weighted by molar-refractivity contribution is 5.77. The van der Waals surface area contributed by atoms with E-state index >= 15 is 0 Å². The van der Waals surface area contributed by atoms with Crippen LogP contribution in [0, 0.1) is 0 Å². The van der Waals surface area contributed by atoms with Crippen molar-refractivity contribution in [1.82, 2.24) is 19.9 Å². The van der Waals surface area contributed by atoms with Crippen LogP contribution in [-0.4, -0.2) is 33.5 Å². The highest BCUT2D eigenvalue weighted by Gasteiger charge is 2.11. The Labute approximate surface area is 182 Å². The van der Waals surface area contributed by atoms with Crippen molar-refractivity contribution in [3.05, 3.63) is 64.8 Å². The number of nitrogens with one attached hydrogen (secondary N) is 1. The van der Waals surface area contributed by atoms with Gasteiger partial charge in [0.2, 0.25) is 5.91 Å². The summed E-state index contributed by atoms with van der Waals surface area (Å²) in [4.78, 5) is 35.9. The lowest BCUT2D eigenvalue weighted by Crippen LogP contribution is -2.26. The normalized spacial score (nSPS) is 14.4. The summed E-state index contributed by atoms with van der Waals surface area (Å²) in [6.07, 6.45) is 9.39. The second-order valence-electron chi connectivity index (χ2n) is 8.07. The number of rotatable bonds is 7. The minimum absolute atomic E-state index is 0.0293. The predicted molar refractivity (Wildman–Crippen MR) is 122 cm³/mol. The molecule has 1 aromatic carbocycles. The van der Waals surface area contributed by atoms with Crippen molar-refractivity contribution >= 4 is 22.6 Å². The number of aryl methyl sites for hydroxylation is 1. The number of nitrogens with zero attached hydrogens (tertiary/aromatic N) is 4. The smallest absolute Gasteiger partial charge is 0.261 e. The zero-order valence-corrected chi connectivity index (χ0v) is 17.8. The number of hydrogen-bond donors (Lipinski definition) is 1. The summed E-state index contributed by atoms with van der Waals surface area (Å²) >= 11 is 0. The Morgan fingerprint density at radius 2 is 1.81 bits per heavy atom. The molecular weight excluding hydrogens is 390 g/mol. The molecule has 0 spiro atoms. The third-order valence-electron chi connectivity index (χ3n) is 5.76. The topological polar surface area (TPSA) is 80.1 Å². The van der Waals surface area contributed by atoms with Gasteiger partial charge < -0.3 is 10.2 Å². The molecule has 0 saturated carbocycles. The Balaban J connectivity index is 1.23. The van der Waals surface area contributed by atoms with E-state index in [-0.39, 0.29) is 11.5 Å². The summed E-state index contributed by atoms with van der Waals surface area (Å²) in [5, 5.41) is 3.55. The molecule has 0 unspecified atom stereocenters. The Bertz CT molecular complexity index is 1070. The highest BCUT2D eigenvalue weighted by Crippen LogP contribution is 2.17. The zero-order chi connectivity index (χ0) is 21.5. The largest absolute Gasteiger partial charge is 0.357 e. The molecule has 1 fully saturated rings. The molecule has 1 saturated heterocycles. The van der Waals surface area contributed by atoms with Gasteiger partial charge in [-0.25, -0.2) is 9.97 Å². The standard InChI is InChI=1S/C24H29N5O2/c30-23(10-7-15-29-18-27-21-9-4-3-8-20(21)24(29)31)26-17-19-11-12-22(25-16-19)28-13-5-1-2-6-14-28/h3-4,8-9,11-12,16,18H,1-2,5-7,10,13-15,17H2,(H,26,30). The molecule has 0 radical (unpaired) electrons. The third kappa shape index (κ3) is 5.48. The fourth-order valence-corrected chi connectivity index (χ4v) is 3.97. The van der Waals surface area contributed by atoms with Gasteiger partial charge in [-0.3, -0.25) is 14.2 Å². The van der Waals surface area contributed by atoms with Crippen LogP contribution >= 0.6 is 0 Å². The van der Waals surface area contributed by atoms with Crippen molar-refractivity contribution in [3.63, 3.8) is 0 Å². The molecular formula is C24H29N5O2. The van der Waals surface area contributed by atoms with E-state index in [2.05, 4.69) is 20.2 Å². The van der Waals surface area contributed by atoms with Crippen LogP contribution in [0.25, 0.3) is 10.9 Å². The molecule has 7 nitrogen and oxygen atoms in total. The molecule has 1 aliphatic heterocycles. The van der Waals surface area contributed by atoms with Crippen LogP contribution in [0.3, 0.4) is 0 Å². The van der Waals surface area contributed by atoms with Gasteiger partial charge in [-0.15, -0.1) is 0 Å². The average Bonchev–Trinajstić information content (AvgIpc) is 3.09. The van der Waals surface area contributed by atoms with Gasteiger partial charge in [0, 0.05) is 38.8 Å². The number of hydrogen-bond acceptors (Lipinski definition) is 5. The van der Waals surface area contributed by atoms with Gasteiger partial charge >= 0.3 is 0 Å². The van der Waals surface area contributed by atoms with E-state index in [1.54, 1.807) is 17.0 Å². The molecule has 4 rings (SSSR count). The Hall–Kier alpha value is -3.22.